The topological polar surface area (TPSA) is 101 Å². The highest BCUT2D eigenvalue weighted by Crippen LogP contribution is 2.11. The van der Waals surface area contributed by atoms with Crippen LogP contribution in [0.15, 0.2) is 18.3 Å². The third-order valence-corrected chi connectivity index (χ3v) is 2.22. The molecule has 0 spiro atoms. The fourth-order valence-corrected chi connectivity index (χ4v) is 1.25. The monoisotopic (exact) mass is 267 g/mol. The largest absolute Gasteiger partial charge is 0.479 e. The number of ether oxygens (including phenoxy) is 1. The van der Waals surface area contributed by atoms with Crippen molar-refractivity contribution in [2.24, 2.45) is 0 Å². The van der Waals surface area contributed by atoms with Crippen molar-refractivity contribution in [2.75, 3.05) is 6.54 Å². The van der Waals surface area contributed by atoms with Crippen LogP contribution in [-0.2, 0) is 11.4 Å². The summed E-state index contributed by atoms with van der Waals surface area (Å²) in [5, 5.41) is 13.4. The third-order valence-electron chi connectivity index (χ3n) is 2.22. The average molecular weight is 267 g/mol. The van der Waals surface area contributed by atoms with Crippen molar-refractivity contribution in [2.45, 2.75) is 26.6 Å². The van der Waals surface area contributed by atoms with E-state index in [1.54, 1.807) is 19.1 Å². The van der Waals surface area contributed by atoms with Crippen molar-refractivity contribution >= 4 is 11.9 Å². The summed E-state index contributed by atoms with van der Waals surface area (Å²) in [5.74, 6) is -0.159. The zero-order valence-electron chi connectivity index (χ0n) is 10.8. The lowest BCUT2D eigenvalue weighted by atomic mass is 10.3. The summed E-state index contributed by atoms with van der Waals surface area (Å²) < 4.78 is 5.32. The number of urea groups is 1. The minimum Gasteiger partial charge on any atom is -0.479 e. The van der Waals surface area contributed by atoms with Gasteiger partial charge in [-0.2, -0.15) is 0 Å². The first-order valence-corrected chi connectivity index (χ1v) is 5.88. The minimum absolute atomic E-state index is 0.159. The van der Waals surface area contributed by atoms with E-state index < -0.39 is 18.0 Å². The minimum atomic E-state index is -0.829. The maximum atomic E-state index is 11.6. The van der Waals surface area contributed by atoms with Gasteiger partial charge in [-0.15, -0.1) is 0 Å². The molecule has 0 saturated heterocycles. The molecular formula is C12H17N3O4. The number of rotatable bonds is 5. The standard InChI is InChI=1S/C12H17N3O4/c1-3-13-12(18)15-11(17)8(2)19-10-5-4-9(7-16)14-6-10/h4-6,8,16H,3,7H2,1-2H3,(H2,13,15,17,18). The Morgan fingerprint density at radius 2 is 2.21 bits per heavy atom. The number of imide groups is 1. The normalized spacial score (nSPS) is 11.5. The molecule has 0 aliphatic heterocycles. The predicted molar refractivity (Wildman–Crippen MR) is 67.5 cm³/mol. The van der Waals surface area contributed by atoms with Crippen LogP contribution in [-0.4, -0.2) is 34.7 Å². The molecule has 3 N–H and O–H groups in total. The fourth-order valence-electron chi connectivity index (χ4n) is 1.25. The van der Waals surface area contributed by atoms with Crippen molar-refractivity contribution < 1.29 is 19.4 Å². The van der Waals surface area contributed by atoms with E-state index in [1.807, 2.05) is 0 Å². The number of aliphatic hydroxyl groups excluding tert-OH is 1. The van der Waals surface area contributed by atoms with Crippen LogP contribution in [0.5, 0.6) is 5.75 Å². The van der Waals surface area contributed by atoms with Crippen LogP contribution in [0.3, 0.4) is 0 Å². The number of nitrogens with zero attached hydrogens (tertiary/aromatic N) is 1. The highest BCUT2D eigenvalue weighted by molar-refractivity contribution is 5.96. The van der Waals surface area contributed by atoms with Crippen molar-refractivity contribution in [1.29, 1.82) is 0 Å². The molecule has 7 heteroatoms. The van der Waals surface area contributed by atoms with Gasteiger partial charge in [-0.3, -0.25) is 15.1 Å². The number of aliphatic hydroxyl groups is 1. The molecule has 0 fully saturated rings. The number of amides is 3. The summed E-state index contributed by atoms with van der Waals surface area (Å²) in [5.41, 5.74) is 0.506. The van der Waals surface area contributed by atoms with Crippen LogP contribution in [0.25, 0.3) is 0 Å². The number of pyridine rings is 1. The molecule has 104 valence electrons. The van der Waals surface area contributed by atoms with Gasteiger partial charge in [0.15, 0.2) is 6.10 Å². The Balaban J connectivity index is 2.50. The summed E-state index contributed by atoms with van der Waals surface area (Å²) in [6.07, 6.45) is 0.575. The van der Waals surface area contributed by atoms with Crippen LogP contribution in [0.4, 0.5) is 4.79 Å². The van der Waals surface area contributed by atoms with Gasteiger partial charge in [0, 0.05) is 6.54 Å². The van der Waals surface area contributed by atoms with E-state index in [9.17, 15) is 9.59 Å². The van der Waals surface area contributed by atoms with Gasteiger partial charge in [-0.25, -0.2) is 4.79 Å². The number of carbonyl (C=O) groups excluding carboxylic acids is 2. The van der Waals surface area contributed by atoms with E-state index >= 15 is 0 Å². The van der Waals surface area contributed by atoms with Gasteiger partial charge >= 0.3 is 6.03 Å². The first-order chi connectivity index (χ1) is 9.06. The Labute approximate surface area is 111 Å². The summed E-state index contributed by atoms with van der Waals surface area (Å²) >= 11 is 0. The smallest absolute Gasteiger partial charge is 0.321 e. The van der Waals surface area contributed by atoms with Crippen molar-refractivity contribution in [3.8, 4) is 5.75 Å². The summed E-state index contributed by atoms with van der Waals surface area (Å²) in [4.78, 5) is 26.7. The second-order valence-corrected chi connectivity index (χ2v) is 3.75. The van der Waals surface area contributed by atoms with Crippen molar-refractivity contribution in [1.82, 2.24) is 15.6 Å². The molecular weight excluding hydrogens is 250 g/mol. The highest BCUT2D eigenvalue weighted by Gasteiger charge is 2.17. The van der Waals surface area contributed by atoms with E-state index in [2.05, 4.69) is 15.6 Å². The van der Waals surface area contributed by atoms with E-state index in [0.717, 1.165) is 0 Å². The van der Waals surface area contributed by atoms with Crippen LogP contribution >= 0.6 is 0 Å². The quantitative estimate of drug-likeness (QED) is 0.707. The lowest BCUT2D eigenvalue weighted by molar-refractivity contribution is -0.126. The Morgan fingerprint density at radius 3 is 2.74 bits per heavy atom. The Bertz CT molecular complexity index is 433. The Morgan fingerprint density at radius 1 is 1.47 bits per heavy atom. The number of aromatic nitrogens is 1. The molecule has 1 aromatic heterocycles. The van der Waals surface area contributed by atoms with E-state index in [-0.39, 0.29) is 6.61 Å². The fraction of sp³-hybridized carbons (Fsp3) is 0.417. The molecule has 1 rings (SSSR count). The molecule has 1 heterocycles. The lowest BCUT2D eigenvalue weighted by Crippen LogP contribution is -2.45. The molecule has 1 aromatic rings. The molecule has 0 aliphatic carbocycles. The first-order valence-electron chi connectivity index (χ1n) is 5.88. The molecule has 0 aliphatic rings. The highest BCUT2D eigenvalue weighted by atomic mass is 16.5. The van der Waals surface area contributed by atoms with Gasteiger partial charge in [0.05, 0.1) is 18.5 Å². The van der Waals surface area contributed by atoms with E-state index in [4.69, 9.17) is 9.84 Å². The second-order valence-electron chi connectivity index (χ2n) is 3.75. The summed E-state index contributed by atoms with van der Waals surface area (Å²) in [6.45, 7) is 3.54. The Hall–Kier alpha value is -2.15. The van der Waals surface area contributed by atoms with E-state index in [0.29, 0.717) is 18.0 Å². The average Bonchev–Trinajstić information content (AvgIpc) is 2.39. The van der Waals surface area contributed by atoms with Crippen LogP contribution in [0, 0.1) is 0 Å². The molecule has 19 heavy (non-hydrogen) atoms. The zero-order chi connectivity index (χ0) is 14.3. The predicted octanol–water partition coefficient (Wildman–Crippen LogP) is 0.187. The number of hydrogen-bond donors (Lipinski definition) is 3. The molecule has 0 radical (unpaired) electrons. The summed E-state index contributed by atoms with van der Waals surface area (Å²) in [7, 11) is 0. The van der Waals surface area contributed by atoms with Crippen LogP contribution in [0.2, 0.25) is 0 Å². The molecule has 0 bridgehead atoms. The first kappa shape index (κ1) is 14.9. The molecule has 3 amide bonds. The molecule has 7 nitrogen and oxygen atoms in total. The third kappa shape index (κ3) is 4.92. The van der Waals surface area contributed by atoms with Crippen molar-refractivity contribution in [3.05, 3.63) is 24.0 Å². The zero-order valence-corrected chi connectivity index (χ0v) is 10.8. The van der Waals surface area contributed by atoms with E-state index in [1.165, 1.54) is 13.1 Å². The molecule has 1 unspecified atom stereocenters. The lowest BCUT2D eigenvalue weighted by Gasteiger charge is -2.14. The van der Waals surface area contributed by atoms with Gasteiger partial charge in [0.25, 0.3) is 5.91 Å². The SMILES string of the molecule is CCNC(=O)NC(=O)C(C)Oc1ccc(CO)nc1. The molecule has 1 atom stereocenters. The number of hydrogen-bond acceptors (Lipinski definition) is 5. The number of nitrogens with one attached hydrogen (secondary N) is 2. The van der Waals surface area contributed by atoms with Gasteiger partial charge in [0.2, 0.25) is 0 Å². The van der Waals surface area contributed by atoms with Gasteiger partial charge in [-0.05, 0) is 26.0 Å². The molecule has 0 aromatic carbocycles. The number of carbonyl (C=O) groups is 2. The summed E-state index contributed by atoms with van der Waals surface area (Å²) in [6, 6.07) is 2.62. The van der Waals surface area contributed by atoms with Gasteiger partial charge in [-0.1, -0.05) is 0 Å². The molecule has 0 saturated carbocycles. The van der Waals surface area contributed by atoms with Gasteiger partial charge < -0.3 is 15.2 Å². The van der Waals surface area contributed by atoms with Crippen LogP contribution < -0.4 is 15.4 Å². The maximum Gasteiger partial charge on any atom is 0.321 e. The van der Waals surface area contributed by atoms with Crippen molar-refractivity contribution in [3.63, 3.8) is 0 Å². The Kier molecular flexibility index (Phi) is 5.74. The maximum absolute atomic E-state index is 11.6. The second kappa shape index (κ2) is 7.32. The van der Waals surface area contributed by atoms with Crippen LogP contribution in [0.1, 0.15) is 19.5 Å². The van der Waals surface area contributed by atoms with Gasteiger partial charge in [0.1, 0.15) is 5.75 Å².